The van der Waals surface area contributed by atoms with Gasteiger partial charge in [0.25, 0.3) is 5.56 Å². The number of rotatable bonds is 5. The first-order chi connectivity index (χ1) is 10.1. The van der Waals surface area contributed by atoms with E-state index in [0.29, 0.717) is 17.9 Å². The zero-order valence-electron chi connectivity index (χ0n) is 11.7. The molecule has 6 heteroatoms. The number of thiol groups is 1. The fraction of sp³-hybridized carbons (Fsp3) is 0.267. The van der Waals surface area contributed by atoms with Crippen molar-refractivity contribution in [2.24, 2.45) is 0 Å². The molecule has 1 atom stereocenters. The van der Waals surface area contributed by atoms with Gasteiger partial charge in [0.15, 0.2) is 0 Å². The Morgan fingerprint density at radius 1 is 1.38 bits per heavy atom. The Kier molecular flexibility index (Phi) is 5.16. The fourth-order valence-corrected chi connectivity index (χ4v) is 1.94. The highest BCUT2D eigenvalue weighted by molar-refractivity contribution is 7.80. The molecule has 1 amide bonds. The molecule has 1 unspecified atom stereocenters. The number of amides is 1. The van der Waals surface area contributed by atoms with Gasteiger partial charge in [-0.3, -0.25) is 9.59 Å². The SMILES string of the molecule is CC(S)c1ncc(CC(=O)NCc2ccccc2)c(=O)[nH]1. The highest BCUT2D eigenvalue weighted by Gasteiger charge is 2.10. The Labute approximate surface area is 128 Å². The van der Waals surface area contributed by atoms with Crippen LogP contribution in [0.5, 0.6) is 0 Å². The number of aromatic nitrogens is 2. The second-order valence-corrected chi connectivity index (χ2v) is 5.51. The summed E-state index contributed by atoms with van der Waals surface area (Å²) < 4.78 is 0. The average molecular weight is 303 g/mol. The smallest absolute Gasteiger partial charge is 0.254 e. The molecule has 0 fully saturated rings. The van der Waals surface area contributed by atoms with Crippen LogP contribution in [0.4, 0.5) is 0 Å². The summed E-state index contributed by atoms with van der Waals surface area (Å²) in [6.07, 6.45) is 1.44. The zero-order valence-corrected chi connectivity index (χ0v) is 12.6. The van der Waals surface area contributed by atoms with Crippen molar-refractivity contribution in [1.82, 2.24) is 15.3 Å². The van der Waals surface area contributed by atoms with Crippen molar-refractivity contribution in [3.8, 4) is 0 Å². The maximum atomic E-state index is 11.9. The number of nitrogens with one attached hydrogen (secondary N) is 2. The van der Waals surface area contributed by atoms with Crippen molar-refractivity contribution in [2.45, 2.75) is 25.1 Å². The number of carbonyl (C=O) groups excluding carboxylic acids is 1. The molecule has 0 saturated carbocycles. The Morgan fingerprint density at radius 2 is 2.10 bits per heavy atom. The van der Waals surface area contributed by atoms with E-state index < -0.39 is 0 Å². The quantitative estimate of drug-likeness (QED) is 0.735. The maximum Gasteiger partial charge on any atom is 0.254 e. The highest BCUT2D eigenvalue weighted by Crippen LogP contribution is 2.11. The molecule has 0 saturated heterocycles. The van der Waals surface area contributed by atoms with E-state index in [1.165, 1.54) is 6.20 Å². The van der Waals surface area contributed by atoms with Crippen LogP contribution in [0.25, 0.3) is 0 Å². The van der Waals surface area contributed by atoms with Crippen molar-refractivity contribution in [1.29, 1.82) is 0 Å². The van der Waals surface area contributed by atoms with Gasteiger partial charge in [0.1, 0.15) is 5.82 Å². The average Bonchev–Trinajstić information content (AvgIpc) is 2.48. The molecule has 0 bridgehead atoms. The number of carbonyl (C=O) groups is 1. The number of hydrogen-bond donors (Lipinski definition) is 3. The van der Waals surface area contributed by atoms with Gasteiger partial charge >= 0.3 is 0 Å². The molecule has 0 aliphatic rings. The van der Waals surface area contributed by atoms with Gasteiger partial charge < -0.3 is 10.3 Å². The molecule has 1 heterocycles. The zero-order chi connectivity index (χ0) is 15.2. The van der Waals surface area contributed by atoms with Gasteiger partial charge in [0.05, 0.1) is 11.7 Å². The monoisotopic (exact) mass is 303 g/mol. The van der Waals surface area contributed by atoms with Crippen LogP contribution in [0.1, 0.15) is 29.1 Å². The summed E-state index contributed by atoms with van der Waals surface area (Å²) in [4.78, 5) is 30.4. The molecule has 1 aromatic heterocycles. The Morgan fingerprint density at radius 3 is 2.71 bits per heavy atom. The van der Waals surface area contributed by atoms with E-state index in [4.69, 9.17) is 0 Å². The first kappa shape index (κ1) is 15.3. The third-order valence-corrected chi connectivity index (χ3v) is 3.22. The van der Waals surface area contributed by atoms with E-state index >= 15 is 0 Å². The molecule has 2 N–H and O–H groups in total. The second-order valence-electron chi connectivity index (χ2n) is 4.74. The Balaban J connectivity index is 1.95. The molecule has 0 spiro atoms. The van der Waals surface area contributed by atoms with Crippen LogP contribution in [-0.2, 0) is 17.8 Å². The predicted molar refractivity (Wildman–Crippen MR) is 84.3 cm³/mol. The van der Waals surface area contributed by atoms with E-state index in [1.54, 1.807) is 0 Å². The van der Waals surface area contributed by atoms with E-state index in [9.17, 15) is 9.59 Å². The largest absolute Gasteiger partial charge is 0.352 e. The first-order valence-corrected chi connectivity index (χ1v) is 7.14. The van der Waals surface area contributed by atoms with Gasteiger partial charge in [-0.2, -0.15) is 12.6 Å². The van der Waals surface area contributed by atoms with Crippen molar-refractivity contribution < 1.29 is 4.79 Å². The number of H-pyrrole nitrogens is 1. The van der Waals surface area contributed by atoms with Crippen LogP contribution >= 0.6 is 12.6 Å². The van der Waals surface area contributed by atoms with Crippen molar-refractivity contribution in [3.05, 3.63) is 63.8 Å². The van der Waals surface area contributed by atoms with E-state index in [-0.39, 0.29) is 23.1 Å². The summed E-state index contributed by atoms with van der Waals surface area (Å²) in [5, 5.41) is 2.62. The van der Waals surface area contributed by atoms with Crippen LogP contribution in [0, 0.1) is 0 Å². The molecule has 5 nitrogen and oxygen atoms in total. The Hall–Kier alpha value is -2.08. The minimum atomic E-state index is -0.296. The normalized spacial score (nSPS) is 11.9. The summed E-state index contributed by atoms with van der Waals surface area (Å²) in [5.74, 6) is 0.287. The molecule has 0 aliphatic carbocycles. The molecule has 0 radical (unpaired) electrons. The predicted octanol–water partition coefficient (Wildman–Crippen LogP) is 1.62. The third-order valence-electron chi connectivity index (χ3n) is 2.97. The van der Waals surface area contributed by atoms with Crippen LogP contribution in [-0.4, -0.2) is 15.9 Å². The third kappa shape index (κ3) is 4.46. The molecule has 21 heavy (non-hydrogen) atoms. The number of aromatic amines is 1. The minimum absolute atomic E-state index is 0.0103. The van der Waals surface area contributed by atoms with Crippen molar-refractivity contribution in [2.75, 3.05) is 0 Å². The van der Waals surface area contributed by atoms with E-state index in [0.717, 1.165) is 5.56 Å². The first-order valence-electron chi connectivity index (χ1n) is 6.63. The molecule has 2 rings (SSSR count). The van der Waals surface area contributed by atoms with Crippen LogP contribution in [0.15, 0.2) is 41.3 Å². The summed E-state index contributed by atoms with van der Waals surface area (Å²) in [6, 6.07) is 9.59. The van der Waals surface area contributed by atoms with Crippen molar-refractivity contribution >= 4 is 18.5 Å². The highest BCUT2D eigenvalue weighted by atomic mass is 32.1. The number of hydrogen-bond acceptors (Lipinski definition) is 4. The van der Waals surface area contributed by atoms with E-state index in [2.05, 4.69) is 27.9 Å². The lowest BCUT2D eigenvalue weighted by Gasteiger charge is -2.06. The maximum absolute atomic E-state index is 11.9. The molecule has 110 valence electrons. The van der Waals surface area contributed by atoms with Crippen molar-refractivity contribution in [3.63, 3.8) is 0 Å². The van der Waals surface area contributed by atoms with Gasteiger partial charge in [-0.1, -0.05) is 30.3 Å². The Bertz CT molecular complexity index is 668. The fourth-order valence-electron chi connectivity index (χ4n) is 1.81. The van der Waals surface area contributed by atoms with Crippen LogP contribution in [0.2, 0.25) is 0 Å². The standard InChI is InChI=1S/C15H17N3O2S/c1-10(21)14-17-9-12(15(20)18-14)7-13(19)16-8-11-5-3-2-4-6-11/h2-6,9-10,21H,7-8H2,1H3,(H,16,19)(H,17,18,20). The second kappa shape index (κ2) is 7.08. The van der Waals surface area contributed by atoms with Gasteiger partial charge in [0.2, 0.25) is 5.91 Å². The lowest BCUT2D eigenvalue weighted by molar-refractivity contribution is -0.120. The molecule has 0 aliphatic heterocycles. The molecular weight excluding hydrogens is 286 g/mol. The molecular formula is C15H17N3O2S. The number of benzene rings is 1. The van der Waals surface area contributed by atoms with Crippen LogP contribution in [0.3, 0.4) is 0 Å². The van der Waals surface area contributed by atoms with Gasteiger partial charge in [-0.15, -0.1) is 0 Å². The summed E-state index contributed by atoms with van der Waals surface area (Å²) >= 11 is 4.20. The summed E-state index contributed by atoms with van der Waals surface area (Å²) in [7, 11) is 0. The van der Waals surface area contributed by atoms with Gasteiger partial charge in [-0.05, 0) is 12.5 Å². The minimum Gasteiger partial charge on any atom is -0.352 e. The topological polar surface area (TPSA) is 74.8 Å². The van der Waals surface area contributed by atoms with E-state index in [1.807, 2.05) is 37.3 Å². The van der Waals surface area contributed by atoms with Gasteiger partial charge in [-0.25, -0.2) is 4.98 Å². The van der Waals surface area contributed by atoms with Gasteiger partial charge in [0, 0.05) is 18.3 Å². The molecule has 1 aromatic carbocycles. The lowest BCUT2D eigenvalue weighted by Crippen LogP contribution is -2.28. The number of nitrogens with zero attached hydrogens (tertiary/aromatic N) is 1. The summed E-state index contributed by atoms with van der Waals surface area (Å²) in [6.45, 7) is 2.25. The van der Waals surface area contributed by atoms with Crippen LogP contribution < -0.4 is 10.9 Å². The summed E-state index contributed by atoms with van der Waals surface area (Å²) in [5.41, 5.74) is 1.06. The molecule has 2 aromatic rings. The lowest BCUT2D eigenvalue weighted by atomic mass is 10.2.